The predicted molar refractivity (Wildman–Crippen MR) is 112 cm³/mol. The topological polar surface area (TPSA) is 50.5 Å². The number of ether oxygens (including phenoxy) is 1. The van der Waals surface area contributed by atoms with Gasteiger partial charge < -0.3 is 9.84 Å². The fourth-order valence-corrected chi connectivity index (χ4v) is 3.36. The first-order valence-corrected chi connectivity index (χ1v) is 9.95. The van der Waals surface area contributed by atoms with Crippen LogP contribution in [0.1, 0.15) is 31.5 Å². The maximum Gasteiger partial charge on any atom is 0.227 e. The zero-order chi connectivity index (χ0) is 20.8. The lowest BCUT2D eigenvalue weighted by atomic mass is 10.2. The van der Waals surface area contributed by atoms with Gasteiger partial charge in [0.15, 0.2) is 0 Å². The molecular formula is C23H28FN3O2. The van der Waals surface area contributed by atoms with Gasteiger partial charge in [0.25, 0.3) is 0 Å². The van der Waals surface area contributed by atoms with Gasteiger partial charge >= 0.3 is 0 Å². The Balaban J connectivity index is 2.03. The molecule has 0 aliphatic carbocycles. The molecule has 0 fully saturated rings. The van der Waals surface area contributed by atoms with Crippen LogP contribution < -0.4 is 4.74 Å². The Labute approximate surface area is 171 Å². The maximum atomic E-state index is 13.7. The number of aromatic nitrogens is 2. The van der Waals surface area contributed by atoms with Crippen molar-refractivity contribution in [1.29, 1.82) is 0 Å². The molecule has 1 aromatic heterocycles. The zero-order valence-corrected chi connectivity index (χ0v) is 17.2. The van der Waals surface area contributed by atoms with E-state index in [4.69, 9.17) is 9.84 Å². The largest absolute Gasteiger partial charge is 0.438 e. The molecule has 3 aromatic rings. The van der Waals surface area contributed by atoms with Crippen molar-refractivity contribution in [3.05, 3.63) is 71.7 Å². The monoisotopic (exact) mass is 397 g/mol. The Morgan fingerprint density at radius 3 is 2.59 bits per heavy atom. The van der Waals surface area contributed by atoms with Gasteiger partial charge in [0, 0.05) is 19.2 Å². The number of aryl methyl sites for hydroxylation is 1. The van der Waals surface area contributed by atoms with Gasteiger partial charge in [-0.3, -0.25) is 4.90 Å². The molecule has 1 unspecified atom stereocenters. The standard InChI is InChI=1S/C23H28FN3O2/c1-4-13-26(15-17(2)28)16-22-18(3)25-27(20-10-6-5-7-11-20)23(22)29-21-12-8-9-19(24)14-21/h5-12,14,17,28H,4,13,15-16H2,1-3H3. The number of para-hydroxylation sites is 1. The Hall–Kier alpha value is -2.70. The highest BCUT2D eigenvalue weighted by Gasteiger charge is 2.21. The first-order chi connectivity index (χ1) is 14.0. The van der Waals surface area contributed by atoms with Gasteiger partial charge in [0.2, 0.25) is 5.88 Å². The normalized spacial score (nSPS) is 12.3. The van der Waals surface area contributed by atoms with Crippen LogP contribution in [0, 0.1) is 12.7 Å². The first-order valence-electron chi connectivity index (χ1n) is 9.95. The maximum absolute atomic E-state index is 13.7. The number of aliphatic hydroxyl groups excluding tert-OH is 1. The van der Waals surface area contributed by atoms with E-state index in [9.17, 15) is 9.50 Å². The van der Waals surface area contributed by atoms with Crippen LogP contribution in [-0.2, 0) is 6.54 Å². The van der Waals surface area contributed by atoms with Crippen molar-refractivity contribution in [2.45, 2.75) is 39.8 Å². The van der Waals surface area contributed by atoms with Crippen LogP contribution >= 0.6 is 0 Å². The highest BCUT2D eigenvalue weighted by atomic mass is 19.1. The van der Waals surface area contributed by atoms with E-state index in [1.54, 1.807) is 23.7 Å². The third-order valence-corrected chi connectivity index (χ3v) is 4.59. The minimum absolute atomic E-state index is 0.353. The number of benzene rings is 2. The third-order valence-electron chi connectivity index (χ3n) is 4.59. The fourth-order valence-electron chi connectivity index (χ4n) is 3.36. The smallest absolute Gasteiger partial charge is 0.227 e. The van der Waals surface area contributed by atoms with Crippen molar-refractivity contribution in [3.8, 4) is 17.3 Å². The SMILES string of the molecule is CCCN(Cc1c(C)nn(-c2ccccc2)c1Oc1cccc(F)c1)CC(C)O. The lowest BCUT2D eigenvalue weighted by molar-refractivity contribution is 0.122. The number of halogens is 1. The molecule has 3 rings (SSSR count). The van der Waals surface area contributed by atoms with E-state index in [1.807, 2.05) is 37.3 Å². The molecule has 0 spiro atoms. The summed E-state index contributed by atoms with van der Waals surface area (Å²) >= 11 is 0. The van der Waals surface area contributed by atoms with Crippen LogP contribution in [0.5, 0.6) is 11.6 Å². The predicted octanol–water partition coefficient (Wildman–Crippen LogP) is 4.70. The number of nitrogens with zero attached hydrogens (tertiary/aromatic N) is 3. The van der Waals surface area contributed by atoms with E-state index in [-0.39, 0.29) is 5.82 Å². The van der Waals surface area contributed by atoms with Gasteiger partial charge in [-0.05, 0) is 51.1 Å². The van der Waals surface area contributed by atoms with Gasteiger partial charge in [0.1, 0.15) is 11.6 Å². The Bertz CT molecular complexity index is 925. The van der Waals surface area contributed by atoms with E-state index in [1.165, 1.54) is 12.1 Å². The molecule has 5 nitrogen and oxygen atoms in total. The molecule has 0 aliphatic heterocycles. The average Bonchev–Trinajstić information content (AvgIpc) is 2.98. The minimum Gasteiger partial charge on any atom is -0.438 e. The first kappa shape index (κ1) is 21.0. The van der Waals surface area contributed by atoms with Gasteiger partial charge in [0.05, 0.1) is 23.0 Å². The lowest BCUT2D eigenvalue weighted by Crippen LogP contribution is -2.31. The number of rotatable bonds is 9. The summed E-state index contributed by atoms with van der Waals surface area (Å²) in [5.41, 5.74) is 2.63. The molecule has 0 radical (unpaired) electrons. The van der Waals surface area contributed by atoms with Gasteiger partial charge in [-0.25, -0.2) is 9.07 Å². The quantitative estimate of drug-likeness (QED) is 0.568. The summed E-state index contributed by atoms with van der Waals surface area (Å²) in [7, 11) is 0. The van der Waals surface area contributed by atoms with E-state index < -0.39 is 6.10 Å². The van der Waals surface area contributed by atoms with Crippen molar-refractivity contribution >= 4 is 0 Å². The van der Waals surface area contributed by atoms with E-state index >= 15 is 0 Å². The summed E-state index contributed by atoms with van der Waals surface area (Å²) in [5.74, 6) is 0.625. The van der Waals surface area contributed by atoms with Gasteiger partial charge in [-0.1, -0.05) is 31.2 Å². The van der Waals surface area contributed by atoms with Crippen LogP contribution in [0.15, 0.2) is 54.6 Å². The summed E-state index contributed by atoms with van der Waals surface area (Å²) in [6.45, 7) is 7.83. The average molecular weight is 397 g/mol. The van der Waals surface area contributed by atoms with Crippen LogP contribution in [0.2, 0.25) is 0 Å². The van der Waals surface area contributed by atoms with Crippen LogP contribution in [0.25, 0.3) is 5.69 Å². The van der Waals surface area contributed by atoms with E-state index in [0.717, 1.165) is 29.9 Å². The van der Waals surface area contributed by atoms with Crippen molar-refractivity contribution < 1.29 is 14.2 Å². The minimum atomic E-state index is -0.432. The molecule has 1 atom stereocenters. The lowest BCUT2D eigenvalue weighted by Gasteiger charge is -2.23. The number of hydrogen-bond donors (Lipinski definition) is 1. The zero-order valence-electron chi connectivity index (χ0n) is 17.2. The molecule has 154 valence electrons. The van der Waals surface area contributed by atoms with Crippen molar-refractivity contribution in [2.75, 3.05) is 13.1 Å². The van der Waals surface area contributed by atoms with Crippen molar-refractivity contribution in [1.82, 2.24) is 14.7 Å². The fraction of sp³-hybridized carbons (Fsp3) is 0.348. The molecular weight excluding hydrogens is 369 g/mol. The van der Waals surface area contributed by atoms with Crippen molar-refractivity contribution in [3.63, 3.8) is 0 Å². The van der Waals surface area contributed by atoms with E-state index in [0.29, 0.717) is 24.7 Å². The molecule has 0 aliphatic rings. The van der Waals surface area contributed by atoms with Gasteiger partial charge in [-0.15, -0.1) is 0 Å². The second-order valence-corrected chi connectivity index (χ2v) is 7.26. The molecule has 6 heteroatoms. The van der Waals surface area contributed by atoms with E-state index in [2.05, 4.69) is 11.8 Å². The molecule has 0 saturated carbocycles. The summed E-state index contributed by atoms with van der Waals surface area (Å²) in [6, 6.07) is 15.8. The molecule has 0 amide bonds. The highest BCUT2D eigenvalue weighted by Crippen LogP contribution is 2.32. The molecule has 1 N–H and O–H groups in total. The van der Waals surface area contributed by atoms with Crippen LogP contribution in [-0.4, -0.2) is 39.0 Å². The molecule has 2 aromatic carbocycles. The Morgan fingerprint density at radius 1 is 1.17 bits per heavy atom. The second kappa shape index (κ2) is 9.67. The molecule has 1 heterocycles. The summed E-state index contributed by atoms with van der Waals surface area (Å²) in [6.07, 6.45) is 0.539. The number of hydrogen-bond acceptors (Lipinski definition) is 4. The summed E-state index contributed by atoms with van der Waals surface area (Å²) in [4.78, 5) is 2.18. The van der Waals surface area contributed by atoms with Crippen molar-refractivity contribution in [2.24, 2.45) is 0 Å². The molecule has 29 heavy (non-hydrogen) atoms. The third kappa shape index (κ3) is 5.43. The number of aliphatic hydroxyl groups is 1. The summed E-state index contributed by atoms with van der Waals surface area (Å²) in [5, 5.41) is 14.6. The molecule has 0 bridgehead atoms. The highest BCUT2D eigenvalue weighted by molar-refractivity contribution is 5.43. The molecule has 0 saturated heterocycles. The van der Waals surface area contributed by atoms with Crippen LogP contribution in [0.3, 0.4) is 0 Å². The second-order valence-electron chi connectivity index (χ2n) is 7.26. The van der Waals surface area contributed by atoms with Gasteiger partial charge in [-0.2, -0.15) is 5.10 Å². The summed E-state index contributed by atoms with van der Waals surface area (Å²) < 4.78 is 21.6. The Morgan fingerprint density at radius 2 is 1.93 bits per heavy atom. The van der Waals surface area contributed by atoms with Crippen LogP contribution in [0.4, 0.5) is 4.39 Å². The Kier molecular flexibility index (Phi) is 7.01.